The third kappa shape index (κ3) is 3.48. The molecule has 0 aliphatic carbocycles. The zero-order valence-corrected chi connectivity index (χ0v) is 16.0. The monoisotopic (exact) mass is 405 g/mol. The molecule has 3 rings (SSSR count). The summed E-state index contributed by atoms with van der Waals surface area (Å²) in [7, 11) is 0. The first-order chi connectivity index (χ1) is 13.1. The molecule has 1 saturated heterocycles. The van der Waals surface area contributed by atoms with Crippen molar-refractivity contribution in [3.05, 3.63) is 47.4 Å². The number of β-lactam (4-membered cyclic amide) rings is 1. The summed E-state index contributed by atoms with van der Waals surface area (Å²) in [6.07, 6.45) is 0.116. The number of aliphatic carboxylic acids is 1. The molecule has 2 aliphatic rings. The largest absolute Gasteiger partial charge is 0.476 e. The van der Waals surface area contributed by atoms with E-state index in [0.29, 0.717) is 5.56 Å². The fourth-order valence-electron chi connectivity index (χ4n) is 3.11. The van der Waals surface area contributed by atoms with Gasteiger partial charge in [-0.1, -0.05) is 30.3 Å². The van der Waals surface area contributed by atoms with Crippen molar-refractivity contribution in [3.8, 4) is 0 Å². The lowest BCUT2D eigenvalue weighted by atomic mass is 10.0. The summed E-state index contributed by atoms with van der Waals surface area (Å²) >= 11 is 1.12. The zero-order valence-electron chi connectivity index (χ0n) is 15.2. The molecule has 0 bridgehead atoms. The van der Waals surface area contributed by atoms with E-state index in [4.69, 9.17) is 10.5 Å². The van der Waals surface area contributed by atoms with Crippen molar-refractivity contribution in [2.24, 2.45) is 5.73 Å². The number of nitrogens with zero attached hydrogens (tertiary/aromatic N) is 1. The second kappa shape index (κ2) is 7.28. The van der Waals surface area contributed by atoms with Gasteiger partial charge in [-0.25, -0.2) is 4.79 Å². The fourth-order valence-corrected chi connectivity index (χ4v) is 4.61. The van der Waals surface area contributed by atoms with Crippen molar-refractivity contribution in [3.63, 3.8) is 0 Å². The summed E-state index contributed by atoms with van der Waals surface area (Å²) < 4.78 is 5.16. The van der Waals surface area contributed by atoms with Crippen LogP contribution in [-0.2, 0) is 23.9 Å². The zero-order chi connectivity index (χ0) is 20.6. The Balaban J connectivity index is 1.98. The fraction of sp³-hybridized carbons (Fsp3) is 0.333. The standard InChI is InChI=1S/C18H19N3O6S/c1-9(22)27-15-14(17(25)26)21-11(23)8-12(21)28-18(15,2)20-16(24)13(19)10-6-4-3-5-7-10/h3-7,12-13H,8,19H2,1-2H3,(H,20,24)(H,25,26)/t12-,13-,18?/m1/s1. The van der Waals surface area contributed by atoms with E-state index in [2.05, 4.69) is 5.32 Å². The molecule has 4 N–H and O–H groups in total. The average molecular weight is 405 g/mol. The Bertz CT molecular complexity index is 887. The summed E-state index contributed by atoms with van der Waals surface area (Å²) in [5.74, 6) is -3.48. The Morgan fingerprint density at radius 2 is 2.00 bits per heavy atom. The van der Waals surface area contributed by atoms with Crippen molar-refractivity contribution in [1.29, 1.82) is 0 Å². The number of carboxylic acid groups (broad SMARTS) is 1. The second-order valence-electron chi connectivity index (χ2n) is 6.53. The maximum Gasteiger partial charge on any atom is 0.356 e. The molecular weight excluding hydrogens is 386 g/mol. The number of esters is 1. The Morgan fingerprint density at radius 3 is 2.54 bits per heavy atom. The molecule has 0 saturated carbocycles. The van der Waals surface area contributed by atoms with Crippen molar-refractivity contribution < 1.29 is 29.0 Å². The van der Waals surface area contributed by atoms with Crippen LogP contribution in [0.15, 0.2) is 41.8 Å². The third-order valence-corrected chi connectivity index (χ3v) is 5.83. The third-order valence-electron chi connectivity index (χ3n) is 4.42. The van der Waals surface area contributed by atoms with Crippen LogP contribution in [0.1, 0.15) is 31.9 Å². The molecule has 2 amide bonds. The number of benzene rings is 1. The molecule has 1 unspecified atom stereocenters. The van der Waals surface area contributed by atoms with Gasteiger partial charge in [0.2, 0.25) is 11.8 Å². The van der Waals surface area contributed by atoms with E-state index in [1.807, 2.05) is 0 Å². The first-order valence-corrected chi connectivity index (χ1v) is 9.31. The van der Waals surface area contributed by atoms with Gasteiger partial charge in [-0.15, -0.1) is 11.8 Å². The molecule has 3 atom stereocenters. The van der Waals surface area contributed by atoms with Crippen LogP contribution in [0.5, 0.6) is 0 Å². The Morgan fingerprint density at radius 1 is 1.36 bits per heavy atom. The number of carbonyl (C=O) groups is 4. The van der Waals surface area contributed by atoms with Crippen molar-refractivity contribution >= 4 is 35.5 Å². The number of amides is 2. The van der Waals surface area contributed by atoms with E-state index in [0.717, 1.165) is 23.6 Å². The number of carbonyl (C=O) groups excluding carboxylic acids is 3. The van der Waals surface area contributed by atoms with Gasteiger partial charge in [-0.2, -0.15) is 0 Å². The summed E-state index contributed by atoms with van der Waals surface area (Å²) in [6.45, 7) is 2.63. The predicted molar refractivity (Wildman–Crippen MR) is 99.2 cm³/mol. The van der Waals surface area contributed by atoms with Gasteiger partial charge in [0, 0.05) is 6.92 Å². The van der Waals surface area contributed by atoms with Crippen molar-refractivity contribution in [1.82, 2.24) is 10.2 Å². The van der Waals surface area contributed by atoms with Gasteiger partial charge < -0.3 is 20.9 Å². The van der Waals surface area contributed by atoms with Gasteiger partial charge in [-0.05, 0) is 12.5 Å². The lowest BCUT2D eigenvalue weighted by Gasteiger charge is -2.49. The van der Waals surface area contributed by atoms with Crippen LogP contribution in [-0.4, -0.2) is 44.0 Å². The van der Waals surface area contributed by atoms with Gasteiger partial charge in [-0.3, -0.25) is 19.3 Å². The van der Waals surface area contributed by atoms with Crippen molar-refractivity contribution in [2.45, 2.75) is 36.6 Å². The van der Waals surface area contributed by atoms with Crippen LogP contribution in [0.25, 0.3) is 0 Å². The van der Waals surface area contributed by atoms with Gasteiger partial charge >= 0.3 is 11.9 Å². The van der Waals surface area contributed by atoms with Gasteiger partial charge in [0.25, 0.3) is 0 Å². The molecule has 28 heavy (non-hydrogen) atoms. The minimum absolute atomic E-state index is 0.116. The summed E-state index contributed by atoms with van der Waals surface area (Å²) in [5, 5.41) is 11.8. The summed E-state index contributed by atoms with van der Waals surface area (Å²) in [5.41, 5.74) is 6.15. The summed E-state index contributed by atoms with van der Waals surface area (Å²) in [6, 6.07) is 7.65. The molecule has 9 nitrogen and oxygen atoms in total. The number of nitrogens with one attached hydrogen (secondary N) is 1. The smallest absolute Gasteiger partial charge is 0.356 e. The Kier molecular flexibility index (Phi) is 5.18. The molecule has 2 heterocycles. The second-order valence-corrected chi connectivity index (χ2v) is 8.12. The molecule has 0 radical (unpaired) electrons. The average Bonchev–Trinajstić information content (AvgIpc) is 2.62. The maximum absolute atomic E-state index is 12.8. The van der Waals surface area contributed by atoms with Gasteiger partial charge in [0.1, 0.15) is 10.9 Å². The van der Waals surface area contributed by atoms with Crippen LogP contribution in [0.4, 0.5) is 0 Å². The molecule has 1 aromatic carbocycles. The minimum atomic E-state index is -1.43. The molecule has 0 aromatic heterocycles. The first-order valence-electron chi connectivity index (χ1n) is 8.43. The highest BCUT2D eigenvalue weighted by Gasteiger charge is 2.55. The molecule has 148 valence electrons. The minimum Gasteiger partial charge on any atom is -0.476 e. The van der Waals surface area contributed by atoms with Crippen molar-refractivity contribution in [2.75, 3.05) is 0 Å². The number of carboxylic acids is 1. The number of rotatable bonds is 5. The highest BCUT2D eigenvalue weighted by atomic mass is 32.2. The van der Waals surface area contributed by atoms with Crippen LogP contribution in [0, 0.1) is 0 Å². The molecule has 1 fully saturated rings. The Hall–Kier alpha value is -2.85. The maximum atomic E-state index is 12.8. The lowest BCUT2D eigenvalue weighted by Crippen LogP contribution is -2.62. The summed E-state index contributed by atoms with van der Waals surface area (Å²) in [4.78, 5) is 47.7. The van der Waals surface area contributed by atoms with Crippen LogP contribution in [0.2, 0.25) is 0 Å². The highest BCUT2D eigenvalue weighted by Crippen LogP contribution is 2.49. The topological polar surface area (TPSA) is 139 Å². The highest BCUT2D eigenvalue weighted by molar-refractivity contribution is 8.01. The quantitative estimate of drug-likeness (QED) is 0.480. The van der Waals surface area contributed by atoms with Crippen LogP contribution < -0.4 is 11.1 Å². The SMILES string of the molecule is CC(=O)OC1=C(C(=O)O)N2C(=O)C[C@H]2SC1(C)NC(=O)[C@H](N)c1ccccc1. The Labute approximate surface area is 164 Å². The van der Waals surface area contributed by atoms with E-state index >= 15 is 0 Å². The van der Waals surface area contributed by atoms with E-state index in [1.54, 1.807) is 30.3 Å². The number of nitrogens with two attached hydrogens (primary N) is 1. The predicted octanol–water partition coefficient (Wildman–Crippen LogP) is 0.683. The molecule has 2 aliphatic heterocycles. The number of hydrogen-bond acceptors (Lipinski definition) is 7. The molecular formula is C18H19N3O6S. The van der Waals surface area contributed by atoms with Gasteiger partial charge in [0.15, 0.2) is 11.5 Å². The number of fused-ring (bicyclic) bond motifs is 1. The molecule has 0 spiro atoms. The number of thioether (sulfide) groups is 1. The molecule has 1 aromatic rings. The van der Waals surface area contributed by atoms with E-state index < -0.39 is 45.7 Å². The number of hydrogen-bond donors (Lipinski definition) is 3. The van der Waals surface area contributed by atoms with E-state index in [1.165, 1.54) is 6.92 Å². The van der Waals surface area contributed by atoms with E-state index in [-0.39, 0.29) is 12.2 Å². The van der Waals surface area contributed by atoms with Gasteiger partial charge in [0.05, 0.1) is 11.8 Å². The lowest BCUT2D eigenvalue weighted by molar-refractivity contribution is -0.148. The molecule has 10 heteroatoms. The first kappa shape index (κ1) is 19.9. The van der Waals surface area contributed by atoms with Crippen LogP contribution >= 0.6 is 11.8 Å². The van der Waals surface area contributed by atoms with E-state index in [9.17, 15) is 24.3 Å². The number of ether oxygens (including phenoxy) is 1. The van der Waals surface area contributed by atoms with Crippen LogP contribution in [0.3, 0.4) is 0 Å². The normalized spacial score (nSPS) is 24.8.